The summed E-state index contributed by atoms with van der Waals surface area (Å²) in [6.45, 7) is 0.692. The molecule has 0 radical (unpaired) electrons. The summed E-state index contributed by atoms with van der Waals surface area (Å²) < 4.78 is 0. The molecule has 1 saturated carbocycles. The lowest BCUT2D eigenvalue weighted by molar-refractivity contribution is -0.114. The fourth-order valence-corrected chi connectivity index (χ4v) is 3.77. The van der Waals surface area contributed by atoms with Crippen molar-refractivity contribution in [2.75, 3.05) is 13.1 Å². The molecule has 20 heavy (non-hydrogen) atoms. The third-order valence-corrected chi connectivity index (χ3v) is 5.43. The number of hydrogen-bond donors (Lipinski definition) is 1. The fraction of sp³-hybridized carbons (Fsp3) is 0.429. The molecule has 1 aliphatic heterocycles. The van der Waals surface area contributed by atoms with Crippen LogP contribution in [0.5, 0.6) is 0 Å². The molecule has 1 amide bonds. The van der Waals surface area contributed by atoms with Gasteiger partial charge in [0.05, 0.1) is 15.5 Å². The molecule has 0 aromatic heterocycles. The minimum absolute atomic E-state index is 0.256. The molecule has 3 rings (SSSR count). The molecule has 1 N–H and O–H groups in total. The van der Waals surface area contributed by atoms with E-state index < -0.39 is 11.5 Å². The highest BCUT2D eigenvalue weighted by atomic mass is 35.5. The maximum absolute atomic E-state index is 11.5. The number of likely N-dealkylation sites (tertiary alicyclic amines) is 1. The van der Waals surface area contributed by atoms with Crippen molar-refractivity contribution in [3.05, 3.63) is 33.8 Å². The van der Waals surface area contributed by atoms with Gasteiger partial charge < -0.3 is 14.8 Å². The predicted octanol–water partition coefficient (Wildman–Crippen LogP) is 3.20. The number of piperidine rings is 1. The summed E-state index contributed by atoms with van der Waals surface area (Å²) in [4.78, 5) is 23.9. The smallest absolute Gasteiger partial charge is 0.407 e. The Balaban J connectivity index is 1.96. The third kappa shape index (κ3) is 1.75. The molecule has 0 spiro atoms. The zero-order valence-electron chi connectivity index (χ0n) is 10.6. The molecule has 2 aliphatic rings. The van der Waals surface area contributed by atoms with Gasteiger partial charge >= 0.3 is 6.09 Å². The van der Waals surface area contributed by atoms with E-state index in [-0.39, 0.29) is 12.0 Å². The van der Waals surface area contributed by atoms with Gasteiger partial charge in [-0.3, -0.25) is 0 Å². The molecule has 106 valence electrons. The zero-order chi connectivity index (χ0) is 14.5. The third-order valence-electron chi connectivity index (χ3n) is 4.70. The minimum Gasteiger partial charge on any atom is -0.465 e. The van der Waals surface area contributed by atoms with E-state index in [0.29, 0.717) is 29.4 Å². The van der Waals surface area contributed by atoms with Crippen molar-refractivity contribution in [3.8, 4) is 0 Å². The van der Waals surface area contributed by atoms with Crippen LogP contribution in [-0.4, -0.2) is 35.5 Å². The number of halogens is 2. The van der Waals surface area contributed by atoms with E-state index in [1.807, 2.05) is 6.07 Å². The Morgan fingerprint density at radius 2 is 2.10 bits per heavy atom. The Kier molecular flexibility index (Phi) is 2.99. The van der Waals surface area contributed by atoms with Crippen molar-refractivity contribution in [1.82, 2.24) is 4.90 Å². The Bertz CT molecular complexity index is 606. The van der Waals surface area contributed by atoms with Crippen LogP contribution in [0, 0.1) is 5.41 Å². The van der Waals surface area contributed by atoms with Crippen molar-refractivity contribution < 1.29 is 14.7 Å². The van der Waals surface area contributed by atoms with Crippen LogP contribution in [-0.2, 0) is 10.2 Å². The van der Waals surface area contributed by atoms with E-state index in [2.05, 4.69) is 0 Å². The Hall–Kier alpha value is -1.26. The maximum atomic E-state index is 11.5. The monoisotopic (exact) mass is 313 g/mol. The van der Waals surface area contributed by atoms with Crippen molar-refractivity contribution >= 4 is 35.6 Å². The van der Waals surface area contributed by atoms with E-state index in [0.717, 1.165) is 11.8 Å². The zero-order valence-corrected chi connectivity index (χ0v) is 12.1. The van der Waals surface area contributed by atoms with Crippen LogP contribution >= 0.6 is 23.2 Å². The minimum atomic E-state index is -0.971. The van der Waals surface area contributed by atoms with E-state index >= 15 is 0 Å². The molecule has 4 nitrogen and oxygen atoms in total. The lowest BCUT2D eigenvalue weighted by Gasteiger charge is -2.34. The number of carbonyl (C=O) groups excluding carboxylic acids is 1. The highest BCUT2D eigenvalue weighted by Crippen LogP contribution is 2.67. The highest BCUT2D eigenvalue weighted by molar-refractivity contribution is 6.42. The number of rotatable bonds is 2. The standard InChI is InChI=1S/C14H13Cl2NO3/c15-10-2-1-9(5-11(10)16)14-3-4-17(12(19)20)7-13(14,6-14)8-18/h1-2,5,8H,3-4,6-7H2,(H,19,20)/t13-,14-/m0/s1. The normalized spacial score (nSPS) is 31.6. The molecular formula is C14H13Cl2NO3. The van der Waals surface area contributed by atoms with Gasteiger partial charge in [-0.05, 0) is 30.5 Å². The van der Waals surface area contributed by atoms with E-state index in [9.17, 15) is 9.59 Å². The summed E-state index contributed by atoms with van der Waals surface area (Å²) in [5, 5.41) is 10.0. The molecule has 1 aromatic rings. The summed E-state index contributed by atoms with van der Waals surface area (Å²) in [5.74, 6) is 0. The molecule has 1 aliphatic carbocycles. The van der Waals surface area contributed by atoms with Crippen molar-refractivity contribution in [1.29, 1.82) is 0 Å². The number of carbonyl (C=O) groups is 2. The molecule has 1 saturated heterocycles. The number of amides is 1. The van der Waals surface area contributed by atoms with Crippen LogP contribution in [0.3, 0.4) is 0 Å². The lowest BCUT2D eigenvalue weighted by Crippen LogP contribution is -2.45. The first-order chi connectivity index (χ1) is 9.44. The quantitative estimate of drug-likeness (QED) is 0.853. The molecular weight excluding hydrogens is 301 g/mol. The largest absolute Gasteiger partial charge is 0.465 e. The van der Waals surface area contributed by atoms with E-state index in [1.54, 1.807) is 12.1 Å². The van der Waals surface area contributed by atoms with Gasteiger partial charge in [0, 0.05) is 18.5 Å². The first-order valence-corrected chi connectivity index (χ1v) is 7.09. The summed E-state index contributed by atoms with van der Waals surface area (Å²) >= 11 is 12.0. The van der Waals surface area contributed by atoms with Gasteiger partial charge in [0.1, 0.15) is 6.29 Å². The molecule has 2 atom stereocenters. The summed E-state index contributed by atoms with van der Waals surface area (Å²) in [6.07, 6.45) is 1.24. The van der Waals surface area contributed by atoms with Crippen molar-refractivity contribution in [2.24, 2.45) is 5.41 Å². The van der Waals surface area contributed by atoms with Gasteiger partial charge in [-0.15, -0.1) is 0 Å². The summed E-state index contributed by atoms with van der Waals surface area (Å²) in [5.41, 5.74) is 0.0828. The Morgan fingerprint density at radius 3 is 2.70 bits per heavy atom. The number of aldehydes is 1. The molecule has 6 heteroatoms. The van der Waals surface area contributed by atoms with Crippen molar-refractivity contribution in [3.63, 3.8) is 0 Å². The van der Waals surface area contributed by atoms with Gasteiger partial charge in [0.25, 0.3) is 0 Å². The second kappa shape index (κ2) is 4.37. The summed E-state index contributed by atoms with van der Waals surface area (Å²) in [7, 11) is 0. The van der Waals surface area contributed by atoms with E-state index in [1.165, 1.54) is 4.90 Å². The lowest BCUT2D eigenvalue weighted by atomic mass is 9.81. The number of hydrogen-bond acceptors (Lipinski definition) is 2. The average Bonchev–Trinajstić information content (AvgIpc) is 3.11. The average molecular weight is 314 g/mol. The number of benzene rings is 1. The Labute approximate surface area is 126 Å². The number of nitrogens with zero attached hydrogens (tertiary/aromatic N) is 1. The topological polar surface area (TPSA) is 57.6 Å². The SMILES string of the molecule is O=C[C@]12CN(C(=O)O)CC[C@@]1(c1ccc(Cl)c(Cl)c1)C2. The fourth-order valence-electron chi connectivity index (χ4n) is 3.47. The summed E-state index contributed by atoms with van der Waals surface area (Å²) in [6, 6.07) is 5.41. The van der Waals surface area contributed by atoms with Gasteiger partial charge in [-0.1, -0.05) is 29.3 Å². The molecule has 2 fully saturated rings. The van der Waals surface area contributed by atoms with Gasteiger partial charge in [0.15, 0.2) is 0 Å². The van der Waals surface area contributed by atoms with Gasteiger partial charge in [-0.2, -0.15) is 0 Å². The van der Waals surface area contributed by atoms with Gasteiger partial charge in [-0.25, -0.2) is 4.79 Å². The van der Waals surface area contributed by atoms with Crippen LogP contribution in [0.4, 0.5) is 4.79 Å². The second-order valence-corrected chi connectivity index (χ2v) is 6.43. The maximum Gasteiger partial charge on any atom is 0.407 e. The molecule has 1 aromatic carbocycles. The van der Waals surface area contributed by atoms with Crippen molar-refractivity contribution in [2.45, 2.75) is 18.3 Å². The first-order valence-electron chi connectivity index (χ1n) is 6.34. The highest BCUT2D eigenvalue weighted by Gasteiger charge is 2.70. The molecule has 0 unspecified atom stereocenters. The van der Waals surface area contributed by atoms with Crippen LogP contribution in [0.25, 0.3) is 0 Å². The predicted molar refractivity (Wildman–Crippen MR) is 75.5 cm³/mol. The first kappa shape index (κ1) is 13.7. The molecule has 1 heterocycles. The molecule has 0 bridgehead atoms. The van der Waals surface area contributed by atoms with Crippen LogP contribution in [0.2, 0.25) is 10.0 Å². The second-order valence-electron chi connectivity index (χ2n) is 5.62. The van der Waals surface area contributed by atoms with E-state index in [4.69, 9.17) is 28.3 Å². The van der Waals surface area contributed by atoms with Crippen LogP contribution < -0.4 is 0 Å². The van der Waals surface area contributed by atoms with Crippen LogP contribution in [0.15, 0.2) is 18.2 Å². The van der Waals surface area contributed by atoms with Crippen LogP contribution in [0.1, 0.15) is 18.4 Å². The van der Waals surface area contributed by atoms with Gasteiger partial charge in [0.2, 0.25) is 0 Å². The number of carboxylic acid groups (broad SMARTS) is 1. The number of fused-ring (bicyclic) bond motifs is 1. The Morgan fingerprint density at radius 1 is 1.35 bits per heavy atom.